The van der Waals surface area contributed by atoms with E-state index in [1.165, 1.54) is 6.07 Å². The van der Waals surface area contributed by atoms with Gasteiger partial charge in [0.15, 0.2) is 0 Å². The zero-order chi connectivity index (χ0) is 14.0. The number of hydrogen-bond donors (Lipinski definition) is 1. The van der Waals surface area contributed by atoms with Crippen LogP contribution in [-0.4, -0.2) is 15.9 Å². The summed E-state index contributed by atoms with van der Waals surface area (Å²) in [5, 5.41) is 3.11. The van der Waals surface area contributed by atoms with E-state index in [9.17, 15) is 4.79 Å². The molecule has 0 spiro atoms. The van der Waals surface area contributed by atoms with Crippen molar-refractivity contribution in [3.05, 3.63) is 50.4 Å². The van der Waals surface area contributed by atoms with Gasteiger partial charge in [0.2, 0.25) is 5.28 Å². The zero-order valence-electron chi connectivity index (χ0n) is 9.12. The van der Waals surface area contributed by atoms with E-state index in [1.54, 1.807) is 18.2 Å². The number of carbonyl (C=O) groups excluding carboxylic acids is 1. The van der Waals surface area contributed by atoms with Crippen LogP contribution in [0.5, 0.6) is 0 Å². The summed E-state index contributed by atoms with van der Waals surface area (Å²) in [6.45, 7) is 0. The molecule has 1 N–H and O–H groups in total. The lowest BCUT2D eigenvalue weighted by Crippen LogP contribution is -2.14. The molecule has 0 unspecified atom stereocenters. The first-order chi connectivity index (χ1) is 8.97. The number of para-hydroxylation sites is 1. The van der Waals surface area contributed by atoms with E-state index >= 15 is 0 Å². The average molecular weight is 337 g/mol. The zero-order valence-corrected chi connectivity index (χ0v) is 12.1. The van der Waals surface area contributed by atoms with Crippen molar-refractivity contribution >= 4 is 58.0 Å². The molecule has 1 amide bonds. The summed E-state index contributed by atoms with van der Waals surface area (Å²) in [5.74, 6) is -0.541. The van der Waals surface area contributed by atoms with Crippen molar-refractivity contribution in [2.75, 3.05) is 5.32 Å². The molecule has 2 rings (SSSR count). The summed E-state index contributed by atoms with van der Waals surface area (Å²) in [5.41, 5.74) is 0.308. The van der Waals surface area contributed by atoms with Gasteiger partial charge in [0.1, 0.15) is 10.8 Å². The minimum Gasteiger partial charge on any atom is -0.318 e. The van der Waals surface area contributed by atoms with Gasteiger partial charge in [-0.15, -0.1) is 0 Å². The number of amides is 1. The Balaban J connectivity index is 2.31. The molecule has 0 fully saturated rings. The van der Waals surface area contributed by atoms with Crippen LogP contribution in [0.15, 0.2) is 24.3 Å². The Morgan fingerprint density at radius 1 is 1.05 bits per heavy atom. The first-order valence-electron chi connectivity index (χ1n) is 4.93. The molecule has 0 atom stereocenters. The van der Waals surface area contributed by atoms with Crippen molar-refractivity contribution in [2.24, 2.45) is 0 Å². The summed E-state index contributed by atoms with van der Waals surface area (Å²) in [4.78, 5) is 19.4. The average Bonchev–Trinajstić information content (AvgIpc) is 2.32. The second kappa shape index (κ2) is 5.92. The summed E-state index contributed by atoms with van der Waals surface area (Å²) >= 11 is 23.2. The number of halogens is 4. The normalized spacial score (nSPS) is 10.3. The van der Waals surface area contributed by atoms with E-state index in [4.69, 9.17) is 46.4 Å². The highest BCUT2D eigenvalue weighted by Gasteiger charge is 2.14. The van der Waals surface area contributed by atoms with Crippen molar-refractivity contribution in [3.8, 4) is 0 Å². The second-order valence-electron chi connectivity index (χ2n) is 3.40. The molecule has 0 aliphatic heterocycles. The topological polar surface area (TPSA) is 54.9 Å². The molecule has 19 heavy (non-hydrogen) atoms. The molecule has 1 aromatic carbocycles. The van der Waals surface area contributed by atoms with E-state index in [0.29, 0.717) is 15.7 Å². The Morgan fingerprint density at radius 3 is 2.26 bits per heavy atom. The van der Waals surface area contributed by atoms with Gasteiger partial charge in [-0.1, -0.05) is 40.9 Å². The fraction of sp³-hybridized carbons (Fsp3) is 0. The van der Waals surface area contributed by atoms with E-state index in [0.717, 1.165) is 0 Å². The van der Waals surface area contributed by atoms with Crippen LogP contribution in [0.25, 0.3) is 0 Å². The third-order valence-corrected chi connectivity index (χ3v) is 3.09. The van der Waals surface area contributed by atoms with Gasteiger partial charge in [-0.3, -0.25) is 4.79 Å². The summed E-state index contributed by atoms with van der Waals surface area (Å²) in [6, 6.07) is 6.15. The van der Waals surface area contributed by atoms with Crippen LogP contribution in [0.3, 0.4) is 0 Å². The molecule has 98 valence electrons. The highest BCUT2D eigenvalue weighted by atomic mass is 35.5. The molecule has 1 heterocycles. The van der Waals surface area contributed by atoms with Crippen molar-refractivity contribution in [3.63, 3.8) is 0 Å². The Kier molecular flexibility index (Phi) is 4.47. The molecule has 2 aromatic rings. The predicted molar refractivity (Wildman–Crippen MR) is 76.5 cm³/mol. The molecule has 0 saturated carbocycles. The maximum atomic E-state index is 12.0. The van der Waals surface area contributed by atoms with E-state index in [-0.39, 0.29) is 16.1 Å². The van der Waals surface area contributed by atoms with Gasteiger partial charge in [-0.2, -0.15) is 0 Å². The van der Waals surface area contributed by atoms with Gasteiger partial charge < -0.3 is 5.32 Å². The van der Waals surface area contributed by atoms with E-state index < -0.39 is 5.91 Å². The SMILES string of the molecule is O=C(Nc1c(Cl)cccc1Cl)c1cc(Cl)nc(Cl)n1. The summed E-state index contributed by atoms with van der Waals surface area (Å²) < 4.78 is 0. The minimum atomic E-state index is -0.541. The molecule has 0 bridgehead atoms. The van der Waals surface area contributed by atoms with Gasteiger partial charge in [-0.05, 0) is 23.7 Å². The van der Waals surface area contributed by atoms with Crippen LogP contribution in [0.2, 0.25) is 20.5 Å². The number of anilines is 1. The van der Waals surface area contributed by atoms with Crippen molar-refractivity contribution < 1.29 is 4.79 Å². The minimum absolute atomic E-state index is 0.0148. The highest BCUT2D eigenvalue weighted by Crippen LogP contribution is 2.30. The van der Waals surface area contributed by atoms with Crippen molar-refractivity contribution in [2.45, 2.75) is 0 Å². The van der Waals surface area contributed by atoms with Crippen LogP contribution in [0.4, 0.5) is 5.69 Å². The lowest BCUT2D eigenvalue weighted by molar-refractivity contribution is 0.102. The number of hydrogen-bond acceptors (Lipinski definition) is 3. The largest absolute Gasteiger partial charge is 0.318 e. The number of nitrogens with zero attached hydrogens (tertiary/aromatic N) is 2. The number of carbonyl (C=O) groups is 1. The molecule has 0 aliphatic carbocycles. The van der Waals surface area contributed by atoms with E-state index in [2.05, 4.69) is 15.3 Å². The van der Waals surface area contributed by atoms with Crippen molar-refractivity contribution in [1.82, 2.24) is 9.97 Å². The van der Waals surface area contributed by atoms with Gasteiger partial charge in [0, 0.05) is 6.07 Å². The Hall–Kier alpha value is -1.07. The Labute approximate surface area is 128 Å². The van der Waals surface area contributed by atoms with Gasteiger partial charge >= 0.3 is 0 Å². The standard InChI is InChI=1S/C11H5Cl4N3O/c12-5-2-1-3-6(13)9(5)18-10(19)7-4-8(14)17-11(15)16-7/h1-4H,(H,18,19). The summed E-state index contributed by atoms with van der Waals surface area (Å²) in [6.07, 6.45) is 0. The third kappa shape index (κ3) is 3.48. The predicted octanol–water partition coefficient (Wildman–Crippen LogP) is 4.34. The van der Waals surface area contributed by atoms with Crippen LogP contribution in [0.1, 0.15) is 10.5 Å². The maximum Gasteiger partial charge on any atom is 0.274 e. The fourth-order valence-corrected chi connectivity index (χ4v) is 2.20. The highest BCUT2D eigenvalue weighted by molar-refractivity contribution is 6.40. The molecule has 8 heteroatoms. The van der Waals surface area contributed by atoms with Gasteiger partial charge in [0.25, 0.3) is 5.91 Å². The smallest absolute Gasteiger partial charge is 0.274 e. The van der Waals surface area contributed by atoms with Gasteiger partial charge in [0.05, 0.1) is 15.7 Å². The van der Waals surface area contributed by atoms with Crippen molar-refractivity contribution in [1.29, 1.82) is 0 Å². The van der Waals surface area contributed by atoms with Crippen LogP contribution in [0, 0.1) is 0 Å². The van der Waals surface area contributed by atoms with Gasteiger partial charge in [-0.25, -0.2) is 9.97 Å². The lowest BCUT2D eigenvalue weighted by Gasteiger charge is -2.08. The molecule has 0 saturated heterocycles. The van der Waals surface area contributed by atoms with Crippen LogP contribution < -0.4 is 5.32 Å². The second-order valence-corrected chi connectivity index (χ2v) is 4.94. The molecular formula is C11H5Cl4N3O. The molecule has 0 aliphatic rings. The maximum absolute atomic E-state index is 12.0. The van der Waals surface area contributed by atoms with Crippen LogP contribution >= 0.6 is 46.4 Å². The third-order valence-electron chi connectivity index (χ3n) is 2.10. The lowest BCUT2D eigenvalue weighted by atomic mass is 10.3. The monoisotopic (exact) mass is 335 g/mol. The first-order valence-corrected chi connectivity index (χ1v) is 6.44. The number of nitrogens with one attached hydrogen (secondary N) is 1. The molecule has 4 nitrogen and oxygen atoms in total. The quantitative estimate of drug-likeness (QED) is 0.655. The van der Waals surface area contributed by atoms with E-state index in [1.807, 2.05) is 0 Å². The first kappa shape index (κ1) is 14.3. The fourth-order valence-electron chi connectivity index (χ4n) is 1.30. The number of rotatable bonds is 2. The molecule has 1 aromatic heterocycles. The number of aromatic nitrogens is 2. The Morgan fingerprint density at radius 2 is 1.68 bits per heavy atom. The Bertz CT molecular complexity index is 607. The molecule has 0 radical (unpaired) electrons. The van der Waals surface area contributed by atoms with Crippen LogP contribution in [-0.2, 0) is 0 Å². The summed E-state index contributed by atoms with van der Waals surface area (Å²) in [7, 11) is 0. The molecular weight excluding hydrogens is 332 g/mol. The number of benzene rings is 1.